The Morgan fingerprint density at radius 3 is 2.75 bits per heavy atom. The van der Waals surface area contributed by atoms with Gasteiger partial charge in [-0.2, -0.15) is 0 Å². The molecule has 1 atom stereocenters. The minimum absolute atomic E-state index is 0.0912. The average Bonchev–Trinajstić information content (AvgIpc) is 3.23. The SMILES string of the molecule is O=C(NC1CCC(Sc2ncccn2)CC1)C1CCCN(Cc2ccco2)C1. The van der Waals surface area contributed by atoms with Gasteiger partial charge < -0.3 is 9.73 Å². The van der Waals surface area contributed by atoms with Crippen LogP contribution >= 0.6 is 11.8 Å². The first-order valence-corrected chi connectivity index (χ1v) is 11.1. The van der Waals surface area contributed by atoms with Crippen LogP contribution < -0.4 is 5.32 Å². The summed E-state index contributed by atoms with van der Waals surface area (Å²) in [5, 5.41) is 4.73. The van der Waals surface area contributed by atoms with Crippen LogP contribution in [-0.4, -0.2) is 45.2 Å². The molecule has 2 aromatic heterocycles. The number of carbonyl (C=O) groups is 1. The van der Waals surface area contributed by atoms with Gasteiger partial charge in [-0.25, -0.2) is 9.97 Å². The van der Waals surface area contributed by atoms with Crippen molar-refractivity contribution in [3.8, 4) is 0 Å². The van der Waals surface area contributed by atoms with Crippen LogP contribution in [0, 0.1) is 5.92 Å². The van der Waals surface area contributed by atoms with Gasteiger partial charge in [0, 0.05) is 30.2 Å². The lowest BCUT2D eigenvalue weighted by Crippen LogP contribution is -2.46. The highest BCUT2D eigenvalue weighted by atomic mass is 32.2. The van der Waals surface area contributed by atoms with Gasteiger partial charge in [0.05, 0.1) is 18.7 Å². The first-order chi connectivity index (χ1) is 13.8. The Hall–Kier alpha value is -1.86. The number of carbonyl (C=O) groups excluding carboxylic acids is 1. The maximum Gasteiger partial charge on any atom is 0.224 e. The van der Waals surface area contributed by atoms with E-state index in [2.05, 4.69) is 20.2 Å². The Bertz CT molecular complexity index is 732. The average molecular weight is 401 g/mol. The van der Waals surface area contributed by atoms with E-state index in [1.54, 1.807) is 30.4 Å². The largest absolute Gasteiger partial charge is 0.468 e. The van der Waals surface area contributed by atoms with Gasteiger partial charge in [-0.1, -0.05) is 11.8 Å². The van der Waals surface area contributed by atoms with E-state index in [0.717, 1.165) is 69.1 Å². The zero-order chi connectivity index (χ0) is 19.2. The summed E-state index contributed by atoms with van der Waals surface area (Å²) in [7, 11) is 0. The third kappa shape index (κ3) is 5.35. The number of hydrogen-bond donors (Lipinski definition) is 1. The third-order valence-corrected chi connectivity index (χ3v) is 6.90. The van der Waals surface area contributed by atoms with Crippen LogP contribution in [0.3, 0.4) is 0 Å². The Kier molecular flexibility index (Phi) is 6.65. The zero-order valence-corrected chi connectivity index (χ0v) is 16.9. The van der Waals surface area contributed by atoms with E-state index in [1.807, 2.05) is 18.2 Å². The maximum absolute atomic E-state index is 12.8. The lowest BCUT2D eigenvalue weighted by atomic mass is 9.92. The van der Waals surface area contributed by atoms with Gasteiger partial charge in [-0.05, 0) is 63.3 Å². The molecule has 2 aliphatic rings. The fraction of sp³-hybridized carbons (Fsp3) is 0.571. The van der Waals surface area contributed by atoms with Gasteiger partial charge >= 0.3 is 0 Å². The van der Waals surface area contributed by atoms with Gasteiger partial charge in [-0.15, -0.1) is 0 Å². The molecular formula is C21H28N4O2S. The van der Waals surface area contributed by atoms with Crippen molar-refractivity contribution >= 4 is 17.7 Å². The summed E-state index contributed by atoms with van der Waals surface area (Å²) < 4.78 is 5.45. The molecule has 28 heavy (non-hydrogen) atoms. The van der Waals surface area contributed by atoms with Gasteiger partial charge in [-0.3, -0.25) is 9.69 Å². The molecule has 7 heteroatoms. The predicted molar refractivity (Wildman–Crippen MR) is 109 cm³/mol. The van der Waals surface area contributed by atoms with E-state index in [4.69, 9.17) is 4.42 Å². The number of piperidine rings is 1. The summed E-state index contributed by atoms with van der Waals surface area (Å²) in [6.45, 7) is 2.65. The number of aromatic nitrogens is 2. The Balaban J connectivity index is 1.21. The van der Waals surface area contributed by atoms with Crippen LogP contribution in [0.1, 0.15) is 44.3 Å². The number of amides is 1. The van der Waals surface area contributed by atoms with Crippen LogP contribution in [0.15, 0.2) is 46.4 Å². The second-order valence-electron chi connectivity index (χ2n) is 7.79. The molecule has 6 nitrogen and oxygen atoms in total. The molecular weight excluding hydrogens is 372 g/mol. The van der Waals surface area contributed by atoms with Gasteiger partial charge in [0.2, 0.25) is 5.91 Å². The van der Waals surface area contributed by atoms with E-state index in [0.29, 0.717) is 11.3 Å². The molecule has 1 amide bonds. The molecule has 2 fully saturated rings. The van der Waals surface area contributed by atoms with Gasteiger partial charge in [0.25, 0.3) is 0 Å². The van der Waals surface area contributed by atoms with E-state index in [9.17, 15) is 4.79 Å². The molecule has 0 bridgehead atoms. The van der Waals surface area contributed by atoms with E-state index >= 15 is 0 Å². The monoisotopic (exact) mass is 400 g/mol. The first kappa shape index (κ1) is 19.5. The topological polar surface area (TPSA) is 71.3 Å². The molecule has 4 rings (SSSR count). The van der Waals surface area contributed by atoms with Crippen molar-refractivity contribution in [3.05, 3.63) is 42.6 Å². The highest BCUT2D eigenvalue weighted by Gasteiger charge is 2.29. The van der Waals surface area contributed by atoms with Crippen LogP contribution in [-0.2, 0) is 11.3 Å². The van der Waals surface area contributed by atoms with Gasteiger partial charge in [0.1, 0.15) is 5.76 Å². The highest BCUT2D eigenvalue weighted by Crippen LogP contribution is 2.32. The lowest BCUT2D eigenvalue weighted by molar-refractivity contribution is -0.127. The molecule has 1 saturated heterocycles. The summed E-state index contributed by atoms with van der Waals surface area (Å²) in [4.78, 5) is 23.7. The Labute approximate surface area is 170 Å². The fourth-order valence-electron chi connectivity index (χ4n) is 4.18. The number of thioether (sulfide) groups is 1. The second-order valence-corrected chi connectivity index (χ2v) is 9.05. The molecule has 0 spiro atoms. The van der Waals surface area contributed by atoms with Crippen molar-refractivity contribution < 1.29 is 9.21 Å². The summed E-state index contributed by atoms with van der Waals surface area (Å²) in [6.07, 6.45) is 11.6. The second kappa shape index (κ2) is 9.56. The summed E-state index contributed by atoms with van der Waals surface area (Å²) in [5.74, 6) is 1.29. The van der Waals surface area contributed by atoms with Crippen LogP contribution in [0.2, 0.25) is 0 Å². The van der Waals surface area contributed by atoms with Crippen molar-refractivity contribution in [1.82, 2.24) is 20.2 Å². The van der Waals surface area contributed by atoms with Crippen molar-refractivity contribution in [1.29, 1.82) is 0 Å². The molecule has 150 valence electrons. The van der Waals surface area contributed by atoms with Crippen LogP contribution in [0.5, 0.6) is 0 Å². The maximum atomic E-state index is 12.8. The number of rotatable bonds is 6. The van der Waals surface area contributed by atoms with Gasteiger partial charge in [0.15, 0.2) is 5.16 Å². The molecule has 1 unspecified atom stereocenters. The Morgan fingerprint density at radius 2 is 2.00 bits per heavy atom. The smallest absolute Gasteiger partial charge is 0.224 e. The van der Waals surface area contributed by atoms with Crippen LogP contribution in [0.25, 0.3) is 0 Å². The third-order valence-electron chi connectivity index (χ3n) is 5.67. The number of furan rings is 1. The standard InChI is InChI=1S/C21H28N4O2S/c26-20(16-4-1-12-25(14-16)15-18-5-2-13-27-18)24-17-6-8-19(9-7-17)28-21-22-10-3-11-23-21/h2-3,5,10-11,13,16-17,19H,1,4,6-9,12,14-15H2,(H,24,26). The summed E-state index contributed by atoms with van der Waals surface area (Å²) >= 11 is 1.76. The first-order valence-electron chi connectivity index (χ1n) is 10.2. The fourth-order valence-corrected chi connectivity index (χ4v) is 5.22. The number of nitrogens with zero attached hydrogens (tertiary/aromatic N) is 3. The molecule has 1 aliphatic heterocycles. The quantitative estimate of drug-likeness (QED) is 0.749. The molecule has 1 saturated carbocycles. The lowest BCUT2D eigenvalue weighted by Gasteiger charge is -2.33. The number of hydrogen-bond acceptors (Lipinski definition) is 6. The van der Waals surface area contributed by atoms with Crippen molar-refractivity contribution in [2.45, 2.75) is 61.5 Å². The minimum Gasteiger partial charge on any atom is -0.468 e. The molecule has 0 radical (unpaired) electrons. The van der Waals surface area contributed by atoms with Crippen molar-refractivity contribution in [2.75, 3.05) is 13.1 Å². The van der Waals surface area contributed by atoms with Crippen molar-refractivity contribution in [3.63, 3.8) is 0 Å². The summed E-state index contributed by atoms with van der Waals surface area (Å²) in [5.41, 5.74) is 0. The zero-order valence-electron chi connectivity index (χ0n) is 16.1. The van der Waals surface area contributed by atoms with E-state index < -0.39 is 0 Å². The molecule has 2 aromatic rings. The molecule has 3 heterocycles. The Morgan fingerprint density at radius 1 is 1.18 bits per heavy atom. The minimum atomic E-state index is 0.0912. The normalized spacial score (nSPS) is 26.1. The molecule has 0 aromatic carbocycles. The highest BCUT2D eigenvalue weighted by molar-refractivity contribution is 7.99. The number of nitrogens with one attached hydrogen (secondary N) is 1. The predicted octanol–water partition coefficient (Wildman–Crippen LogP) is 3.50. The molecule has 1 aliphatic carbocycles. The van der Waals surface area contributed by atoms with Crippen LogP contribution in [0.4, 0.5) is 0 Å². The van der Waals surface area contributed by atoms with E-state index in [1.165, 1.54) is 0 Å². The van der Waals surface area contributed by atoms with E-state index in [-0.39, 0.29) is 11.8 Å². The number of likely N-dealkylation sites (tertiary alicyclic amines) is 1. The summed E-state index contributed by atoms with van der Waals surface area (Å²) in [6, 6.07) is 6.07. The van der Waals surface area contributed by atoms with Crippen molar-refractivity contribution in [2.24, 2.45) is 5.92 Å². The molecule has 1 N–H and O–H groups in total.